The van der Waals surface area contributed by atoms with Crippen molar-refractivity contribution >= 4 is 0 Å². The Morgan fingerprint density at radius 1 is 1.00 bits per heavy atom. The van der Waals surface area contributed by atoms with Crippen LogP contribution >= 0.6 is 0 Å². The van der Waals surface area contributed by atoms with Crippen molar-refractivity contribution in [1.82, 2.24) is 4.90 Å². The van der Waals surface area contributed by atoms with E-state index in [0.29, 0.717) is 5.54 Å². The minimum Gasteiger partial charge on any atom is -0.305 e. The van der Waals surface area contributed by atoms with E-state index in [2.05, 4.69) is 39.8 Å². The molecule has 0 unspecified atom stereocenters. The Kier molecular flexibility index (Phi) is 5.48. The number of hydrogen-bond acceptors (Lipinski definition) is 1. The second-order valence-corrected chi connectivity index (χ2v) is 3.07. The molecule has 0 saturated heterocycles. The molecule has 0 aliphatic heterocycles. The summed E-state index contributed by atoms with van der Waals surface area (Å²) >= 11 is 0. The predicted octanol–water partition coefficient (Wildman–Crippen LogP) is 1.34. The summed E-state index contributed by atoms with van der Waals surface area (Å²) in [7, 11) is 4.17. The molecule has 8 heavy (non-hydrogen) atoms. The van der Waals surface area contributed by atoms with E-state index < -0.39 is 0 Å². The molecule has 0 aromatic carbocycles. The van der Waals surface area contributed by atoms with Crippen LogP contribution < -0.4 is 0 Å². The van der Waals surface area contributed by atoms with Gasteiger partial charge in [0.15, 0.2) is 0 Å². The van der Waals surface area contributed by atoms with E-state index in [1.165, 1.54) is 0 Å². The molecular weight excluding hydrogens is 265 g/mol. The quantitative estimate of drug-likeness (QED) is 0.605. The van der Waals surface area contributed by atoms with Gasteiger partial charge >= 0.3 is 0 Å². The van der Waals surface area contributed by atoms with Crippen molar-refractivity contribution in [2.45, 2.75) is 26.3 Å². The third-order valence-electron chi connectivity index (χ3n) is 1.34. The van der Waals surface area contributed by atoms with Crippen molar-refractivity contribution in [3.8, 4) is 0 Å². The van der Waals surface area contributed by atoms with Crippen LogP contribution in [0.2, 0.25) is 0 Å². The Hall–Kier alpha value is 0.830. The van der Waals surface area contributed by atoms with Gasteiger partial charge in [0, 0.05) is 31.4 Å². The molecule has 0 bridgehead atoms. The Morgan fingerprint density at radius 2 is 1.12 bits per heavy atom. The van der Waals surface area contributed by atoms with Crippen molar-refractivity contribution < 1.29 is 25.8 Å². The largest absolute Gasteiger partial charge is 0.305 e. The van der Waals surface area contributed by atoms with Crippen LogP contribution in [0.5, 0.6) is 0 Å². The first-order valence-corrected chi connectivity index (χ1v) is 2.62. The molecule has 0 aliphatic carbocycles. The molecule has 0 radical (unpaired) electrons. The van der Waals surface area contributed by atoms with Gasteiger partial charge in [-0.1, -0.05) is 0 Å². The Morgan fingerprint density at radius 3 is 1.12 bits per heavy atom. The fraction of sp³-hybridized carbons (Fsp3) is 1.00. The molecule has 1 nitrogen and oxygen atoms in total. The Labute approximate surface area is 71.2 Å². The zero-order valence-corrected chi connectivity index (χ0v) is 10.0. The molecule has 0 fully saturated rings. The maximum atomic E-state index is 2.19. The van der Waals surface area contributed by atoms with E-state index >= 15 is 0 Å². The maximum absolute atomic E-state index is 2.19. The average molecular weight is 280 g/mol. The number of rotatable bonds is 0. The summed E-state index contributed by atoms with van der Waals surface area (Å²) in [6.45, 7) is 6.56. The number of nitrogens with zero attached hydrogens (tertiary/aromatic N) is 1. The van der Waals surface area contributed by atoms with Crippen LogP contribution in [0, 0.1) is 0 Å². The molecule has 0 rings (SSSR count). The first-order chi connectivity index (χ1) is 2.94. The minimum absolute atomic E-state index is 0. The van der Waals surface area contributed by atoms with Gasteiger partial charge in [0.2, 0.25) is 0 Å². The second kappa shape index (κ2) is 3.78. The van der Waals surface area contributed by atoms with Gasteiger partial charge in [-0.05, 0) is 34.9 Å². The molecular formula is C6H15HfN. The molecule has 0 aliphatic rings. The van der Waals surface area contributed by atoms with E-state index in [0.717, 1.165) is 0 Å². The van der Waals surface area contributed by atoms with E-state index in [9.17, 15) is 0 Å². The van der Waals surface area contributed by atoms with Crippen molar-refractivity contribution in [2.75, 3.05) is 14.1 Å². The normalized spacial score (nSPS) is 11.2. The van der Waals surface area contributed by atoms with Crippen molar-refractivity contribution in [2.24, 2.45) is 0 Å². The number of hydrogen-bond donors (Lipinski definition) is 0. The molecule has 0 amide bonds. The molecule has 0 saturated carbocycles. The van der Waals surface area contributed by atoms with E-state index in [1.807, 2.05) is 0 Å². The van der Waals surface area contributed by atoms with Gasteiger partial charge in [-0.2, -0.15) is 0 Å². The zero-order chi connectivity index (χ0) is 6.08. The van der Waals surface area contributed by atoms with Crippen LogP contribution in [-0.2, 0) is 25.8 Å². The Balaban J connectivity index is 0. The molecule has 0 heterocycles. The standard InChI is InChI=1S/C6H15N.Hf/c1-6(2,3)7(4)5;/h1-5H3;. The smallest absolute Gasteiger partial charge is 0.0118 e. The molecule has 0 spiro atoms. The van der Waals surface area contributed by atoms with Gasteiger partial charge in [0.05, 0.1) is 0 Å². The van der Waals surface area contributed by atoms with Crippen LogP contribution in [0.3, 0.4) is 0 Å². The maximum Gasteiger partial charge on any atom is 0.0118 e. The summed E-state index contributed by atoms with van der Waals surface area (Å²) in [5.41, 5.74) is 0.333. The van der Waals surface area contributed by atoms with Gasteiger partial charge in [0.1, 0.15) is 0 Å². The minimum atomic E-state index is 0. The van der Waals surface area contributed by atoms with Crippen LogP contribution in [0.4, 0.5) is 0 Å². The summed E-state index contributed by atoms with van der Waals surface area (Å²) in [6, 6.07) is 0. The third-order valence-corrected chi connectivity index (χ3v) is 1.34. The first kappa shape index (κ1) is 11.6. The SMILES string of the molecule is CN(C)C(C)(C)C.[Hf]. The van der Waals surface area contributed by atoms with Crippen molar-refractivity contribution in [3.63, 3.8) is 0 Å². The second-order valence-electron chi connectivity index (χ2n) is 3.07. The molecule has 0 atom stereocenters. The van der Waals surface area contributed by atoms with Gasteiger partial charge in [-0.15, -0.1) is 0 Å². The summed E-state index contributed by atoms with van der Waals surface area (Å²) < 4.78 is 0. The molecule has 0 aromatic rings. The van der Waals surface area contributed by atoms with Crippen molar-refractivity contribution in [1.29, 1.82) is 0 Å². The van der Waals surface area contributed by atoms with E-state index in [1.54, 1.807) is 0 Å². The topological polar surface area (TPSA) is 3.24 Å². The average Bonchev–Trinajstić information content (AvgIpc) is 1.31. The summed E-state index contributed by atoms with van der Waals surface area (Å²) in [5.74, 6) is 0. The first-order valence-electron chi connectivity index (χ1n) is 2.62. The third kappa shape index (κ3) is 4.98. The fourth-order valence-corrected chi connectivity index (χ4v) is 0. The van der Waals surface area contributed by atoms with Crippen LogP contribution in [0.15, 0.2) is 0 Å². The zero-order valence-electron chi connectivity index (χ0n) is 6.45. The monoisotopic (exact) mass is 281 g/mol. The molecule has 2 heteroatoms. The van der Waals surface area contributed by atoms with E-state index in [4.69, 9.17) is 0 Å². The van der Waals surface area contributed by atoms with Crippen molar-refractivity contribution in [3.05, 3.63) is 0 Å². The molecule has 0 N–H and O–H groups in total. The van der Waals surface area contributed by atoms with Crippen LogP contribution in [0.25, 0.3) is 0 Å². The summed E-state index contributed by atoms with van der Waals surface area (Å²) in [4.78, 5) is 2.19. The van der Waals surface area contributed by atoms with Gasteiger partial charge in [-0.3, -0.25) is 0 Å². The summed E-state index contributed by atoms with van der Waals surface area (Å²) in [6.07, 6.45) is 0. The van der Waals surface area contributed by atoms with Crippen LogP contribution in [-0.4, -0.2) is 24.5 Å². The van der Waals surface area contributed by atoms with Gasteiger partial charge in [-0.25, -0.2) is 0 Å². The van der Waals surface area contributed by atoms with Crippen LogP contribution in [0.1, 0.15) is 20.8 Å². The summed E-state index contributed by atoms with van der Waals surface area (Å²) in [5, 5.41) is 0. The fourth-order valence-electron chi connectivity index (χ4n) is 0. The van der Waals surface area contributed by atoms with Gasteiger partial charge in [0.25, 0.3) is 0 Å². The van der Waals surface area contributed by atoms with E-state index in [-0.39, 0.29) is 25.8 Å². The molecule has 48 valence electrons. The Bertz CT molecular complexity index is 54.0. The molecule has 0 aromatic heterocycles. The van der Waals surface area contributed by atoms with Gasteiger partial charge < -0.3 is 4.90 Å². The predicted molar refractivity (Wildman–Crippen MR) is 33.4 cm³/mol.